The van der Waals surface area contributed by atoms with Gasteiger partial charge in [0.2, 0.25) is 0 Å². The van der Waals surface area contributed by atoms with Crippen molar-refractivity contribution in [2.45, 2.75) is 25.1 Å². The summed E-state index contributed by atoms with van der Waals surface area (Å²) in [4.78, 5) is 16.2. The van der Waals surface area contributed by atoms with Gasteiger partial charge >= 0.3 is 12.4 Å². The number of alkyl halides is 3. The number of amides is 2. The number of aliphatic hydroxyl groups is 1. The van der Waals surface area contributed by atoms with Gasteiger partial charge in [0.05, 0.1) is 6.04 Å². The molecule has 1 fully saturated rings. The van der Waals surface area contributed by atoms with Gasteiger partial charge in [0, 0.05) is 25.9 Å². The van der Waals surface area contributed by atoms with Crippen LogP contribution in [0.1, 0.15) is 12.5 Å². The molecule has 1 aliphatic heterocycles. The van der Waals surface area contributed by atoms with Crippen molar-refractivity contribution in [3.63, 3.8) is 0 Å². The van der Waals surface area contributed by atoms with E-state index in [-0.39, 0.29) is 5.56 Å². The van der Waals surface area contributed by atoms with Crippen LogP contribution in [0.2, 0.25) is 0 Å². The number of hydrogen-bond acceptors (Lipinski definition) is 3. The fourth-order valence-corrected chi connectivity index (χ4v) is 4.44. The Hall–Kier alpha value is -2.56. The second-order valence-electron chi connectivity index (χ2n) is 7.42. The monoisotopic (exact) mass is 584 g/mol. The number of halogens is 5. The van der Waals surface area contributed by atoms with Crippen molar-refractivity contribution in [3.05, 3.63) is 87.3 Å². The molecule has 0 aromatic heterocycles. The van der Waals surface area contributed by atoms with Crippen molar-refractivity contribution in [1.29, 1.82) is 0 Å². The number of nitrogens with zero attached hydrogens (tertiary/aromatic N) is 2. The minimum absolute atomic E-state index is 0.0765. The average Bonchev–Trinajstić information content (AvgIpc) is 2.95. The van der Waals surface area contributed by atoms with Gasteiger partial charge in [0.25, 0.3) is 0 Å². The fourth-order valence-electron chi connectivity index (χ4n) is 3.91. The van der Waals surface area contributed by atoms with Crippen molar-refractivity contribution >= 4 is 49.3 Å². The number of rotatable bonds is 4. The third-order valence-corrected chi connectivity index (χ3v) is 6.45. The van der Waals surface area contributed by atoms with Crippen molar-refractivity contribution in [2.75, 3.05) is 9.80 Å². The Labute approximate surface area is 204 Å². The van der Waals surface area contributed by atoms with E-state index in [1.807, 2.05) is 0 Å². The zero-order chi connectivity index (χ0) is 24.0. The van der Waals surface area contributed by atoms with Crippen LogP contribution in [0.15, 0.2) is 81.7 Å². The molecule has 3 aromatic carbocycles. The van der Waals surface area contributed by atoms with E-state index in [2.05, 4.69) is 36.6 Å². The molecule has 0 aliphatic carbocycles. The third-order valence-electron chi connectivity index (χ3n) is 5.39. The van der Waals surface area contributed by atoms with Crippen LogP contribution in [0.4, 0.5) is 29.3 Å². The first-order valence-corrected chi connectivity index (χ1v) is 11.3. The summed E-state index contributed by atoms with van der Waals surface area (Å²) < 4.78 is 44.1. The quantitative estimate of drug-likeness (QED) is 0.367. The number of ether oxygens (including phenoxy) is 1. The zero-order valence-corrected chi connectivity index (χ0v) is 20.2. The van der Waals surface area contributed by atoms with Gasteiger partial charge in [-0.15, -0.1) is 13.2 Å². The predicted molar refractivity (Wildman–Crippen MR) is 125 cm³/mol. The van der Waals surface area contributed by atoms with Crippen LogP contribution in [0, 0.1) is 0 Å². The molecule has 2 amide bonds. The lowest BCUT2D eigenvalue weighted by molar-refractivity contribution is -0.274. The summed E-state index contributed by atoms with van der Waals surface area (Å²) in [7, 11) is 0. The first-order chi connectivity index (χ1) is 15.5. The van der Waals surface area contributed by atoms with Crippen LogP contribution < -0.4 is 14.5 Å². The Kier molecular flexibility index (Phi) is 6.19. The molecule has 172 valence electrons. The highest BCUT2D eigenvalue weighted by atomic mass is 79.9. The van der Waals surface area contributed by atoms with Crippen molar-refractivity contribution in [1.82, 2.24) is 0 Å². The van der Waals surface area contributed by atoms with Crippen LogP contribution in [0.25, 0.3) is 0 Å². The number of hydrogen-bond donors (Lipinski definition) is 1. The minimum atomic E-state index is -4.90. The molecule has 1 saturated heterocycles. The molecular formula is C23H17Br2F3N2O3. The highest BCUT2D eigenvalue weighted by Crippen LogP contribution is 2.45. The molecule has 0 bridgehead atoms. The number of benzene rings is 3. The van der Waals surface area contributed by atoms with Gasteiger partial charge in [0.1, 0.15) is 5.75 Å². The summed E-state index contributed by atoms with van der Waals surface area (Å²) in [5.74, 6) is -0.495. The van der Waals surface area contributed by atoms with E-state index in [4.69, 9.17) is 0 Å². The summed E-state index contributed by atoms with van der Waals surface area (Å²) in [5, 5.41) is 12.0. The third kappa shape index (κ3) is 4.47. The molecule has 1 aliphatic rings. The van der Waals surface area contributed by atoms with E-state index in [9.17, 15) is 23.1 Å². The van der Waals surface area contributed by atoms with Gasteiger partial charge in [0.15, 0.2) is 5.72 Å². The van der Waals surface area contributed by atoms with E-state index in [0.29, 0.717) is 11.4 Å². The Bertz CT molecular complexity index is 1170. The Morgan fingerprint density at radius 3 is 2.03 bits per heavy atom. The largest absolute Gasteiger partial charge is 0.573 e. The first-order valence-electron chi connectivity index (χ1n) is 9.74. The number of carbonyl (C=O) groups excluding carboxylic acids is 1. The summed E-state index contributed by atoms with van der Waals surface area (Å²) in [6.45, 7) is 1.64. The van der Waals surface area contributed by atoms with Crippen LogP contribution >= 0.6 is 31.9 Å². The van der Waals surface area contributed by atoms with E-state index in [0.717, 1.165) is 21.1 Å². The highest BCUT2D eigenvalue weighted by Gasteiger charge is 2.57. The highest BCUT2D eigenvalue weighted by molar-refractivity contribution is 9.10. The molecule has 2 atom stereocenters. The summed E-state index contributed by atoms with van der Waals surface area (Å²) >= 11 is 6.70. The fraction of sp³-hybridized carbons (Fsp3) is 0.174. The number of anilines is 2. The molecule has 0 spiro atoms. The SMILES string of the molecule is CC1N(c2ccc(Br)cc2)C(=O)N(c2ccc(Br)cc2)C1(O)c1cccc(OC(F)(F)F)c1. The topological polar surface area (TPSA) is 53.0 Å². The molecule has 5 nitrogen and oxygen atoms in total. The van der Waals surface area contributed by atoms with E-state index < -0.39 is 29.9 Å². The molecule has 3 aromatic rings. The average molecular weight is 586 g/mol. The number of urea groups is 1. The van der Waals surface area contributed by atoms with Gasteiger partial charge in [-0.25, -0.2) is 4.79 Å². The van der Waals surface area contributed by atoms with Crippen molar-refractivity contribution in [2.24, 2.45) is 0 Å². The summed E-state index contributed by atoms with van der Waals surface area (Å²) in [6.07, 6.45) is -4.90. The van der Waals surface area contributed by atoms with Crippen LogP contribution in [-0.4, -0.2) is 23.5 Å². The molecule has 33 heavy (non-hydrogen) atoms. The molecular weight excluding hydrogens is 569 g/mol. The van der Waals surface area contributed by atoms with Gasteiger partial charge in [-0.2, -0.15) is 0 Å². The Morgan fingerprint density at radius 2 is 1.48 bits per heavy atom. The second kappa shape index (κ2) is 8.66. The van der Waals surface area contributed by atoms with E-state index in [1.165, 1.54) is 21.9 Å². The van der Waals surface area contributed by atoms with Gasteiger partial charge in [-0.3, -0.25) is 9.80 Å². The molecule has 10 heteroatoms. The minimum Gasteiger partial charge on any atom is -0.406 e. The Balaban J connectivity index is 1.87. The number of carbonyl (C=O) groups is 1. The second-order valence-corrected chi connectivity index (χ2v) is 9.25. The molecule has 0 saturated carbocycles. The molecule has 4 rings (SSSR count). The lowest BCUT2D eigenvalue weighted by atomic mass is 9.94. The standard InChI is InChI=1S/C23H17Br2F3N2O3/c1-14-22(32,15-3-2-4-20(13-15)33-23(26,27)28)30(19-11-7-17(25)8-12-19)21(31)29(14)18-9-5-16(24)6-10-18/h2-14,32H,1H3. The van der Waals surface area contributed by atoms with Crippen LogP contribution in [0.5, 0.6) is 5.75 Å². The maximum Gasteiger partial charge on any atom is 0.573 e. The summed E-state index contributed by atoms with van der Waals surface area (Å²) in [6, 6.07) is 17.3. The van der Waals surface area contributed by atoms with Crippen molar-refractivity contribution < 1.29 is 27.8 Å². The zero-order valence-electron chi connectivity index (χ0n) is 17.1. The van der Waals surface area contributed by atoms with Crippen LogP contribution in [-0.2, 0) is 5.72 Å². The molecule has 1 heterocycles. The van der Waals surface area contributed by atoms with Gasteiger partial charge in [-0.1, -0.05) is 44.0 Å². The lowest BCUT2D eigenvalue weighted by Gasteiger charge is -2.36. The molecule has 2 unspecified atom stereocenters. The summed E-state index contributed by atoms with van der Waals surface area (Å²) in [5.41, 5.74) is -1.02. The van der Waals surface area contributed by atoms with E-state index >= 15 is 0 Å². The van der Waals surface area contributed by atoms with Crippen LogP contribution in [0.3, 0.4) is 0 Å². The lowest BCUT2D eigenvalue weighted by Crippen LogP contribution is -2.48. The van der Waals surface area contributed by atoms with Gasteiger partial charge in [-0.05, 0) is 67.6 Å². The van der Waals surface area contributed by atoms with Gasteiger partial charge < -0.3 is 9.84 Å². The maximum absolute atomic E-state index is 13.6. The smallest absolute Gasteiger partial charge is 0.406 e. The van der Waals surface area contributed by atoms with Crippen molar-refractivity contribution in [3.8, 4) is 5.75 Å². The normalized spacial score (nSPS) is 20.9. The molecule has 1 N–H and O–H groups in total. The van der Waals surface area contributed by atoms with E-state index in [1.54, 1.807) is 55.5 Å². The first kappa shape index (κ1) is 23.6. The molecule has 0 radical (unpaired) electrons. The Morgan fingerprint density at radius 1 is 0.939 bits per heavy atom. The maximum atomic E-state index is 13.6. The predicted octanol–water partition coefficient (Wildman–Crippen LogP) is 6.79.